The maximum atomic E-state index is 12.7. The molecule has 112 valence electrons. The molecule has 0 spiro atoms. The lowest BCUT2D eigenvalue weighted by Crippen LogP contribution is -2.56. The summed E-state index contributed by atoms with van der Waals surface area (Å²) < 4.78 is 28.4. The Balaban J connectivity index is 2.19. The van der Waals surface area contributed by atoms with E-state index in [1.165, 1.54) is 11.1 Å². The van der Waals surface area contributed by atoms with Gasteiger partial charge in [0.2, 0.25) is 10.0 Å². The van der Waals surface area contributed by atoms with Gasteiger partial charge < -0.3 is 0 Å². The molecule has 3 nitrogen and oxygen atoms in total. The minimum atomic E-state index is -3.26. The second kappa shape index (κ2) is 4.96. The van der Waals surface area contributed by atoms with Gasteiger partial charge in [0.05, 0.1) is 5.25 Å². The van der Waals surface area contributed by atoms with E-state index in [1.54, 1.807) is 0 Å². The second-order valence-corrected chi connectivity index (χ2v) is 14.6. The Hall–Kier alpha value is -0.653. The minimum absolute atomic E-state index is 0.00548. The average molecular weight is 312 g/mol. The molecule has 0 amide bonds. The van der Waals surface area contributed by atoms with Crippen LogP contribution < -0.4 is 4.39 Å². The quantitative estimate of drug-likeness (QED) is 0.872. The van der Waals surface area contributed by atoms with Gasteiger partial charge in [-0.25, -0.2) is 12.8 Å². The Morgan fingerprint density at radius 3 is 1.95 bits per heavy atom. The third kappa shape index (κ3) is 2.99. The van der Waals surface area contributed by atoms with Crippen molar-refractivity contribution in [3.05, 3.63) is 35.4 Å². The van der Waals surface area contributed by atoms with Crippen LogP contribution in [0, 0.1) is 0 Å². The molecule has 1 aromatic carbocycles. The molecule has 0 unspecified atom stereocenters. The summed E-state index contributed by atoms with van der Waals surface area (Å²) >= 11 is 0. The van der Waals surface area contributed by atoms with Gasteiger partial charge in [0, 0.05) is 0 Å². The molecule has 0 aromatic heterocycles. The average Bonchev–Trinajstić information content (AvgIpc) is 2.70. The second-order valence-electron chi connectivity index (χ2n) is 7.32. The van der Waals surface area contributed by atoms with Crippen LogP contribution in [-0.2, 0) is 22.9 Å². The molecular formula is C15H25NO2SSi. The highest BCUT2D eigenvalue weighted by atomic mass is 32.2. The molecule has 0 radical (unpaired) electrons. The third-order valence-electron chi connectivity index (χ3n) is 4.72. The number of benzene rings is 1. The Kier molecular flexibility index (Phi) is 3.90. The van der Waals surface area contributed by atoms with Crippen LogP contribution in [0.5, 0.6) is 0 Å². The fourth-order valence-electron chi connectivity index (χ4n) is 2.33. The molecule has 0 saturated heterocycles. The van der Waals surface area contributed by atoms with Crippen molar-refractivity contribution >= 4 is 18.3 Å². The van der Waals surface area contributed by atoms with Crippen molar-refractivity contribution in [2.75, 3.05) is 0 Å². The number of rotatable bonds is 3. The molecular weight excluding hydrogens is 286 g/mol. The fraction of sp³-hybridized carbons (Fsp3) is 0.600. The third-order valence-corrected chi connectivity index (χ3v) is 12.9. The van der Waals surface area contributed by atoms with E-state index < -0.39 is 18.3 Å². The van der Waals surface area contributed by atoms with Gasteiger partial charge in [0.1, 0.15) is 8.24 Å². The van der Waals surface area contributed by atoms with E-state index in [1.807, 2.05) is 24.3 Å². The van der Waals surface area contributed by atoms with E-state index in [4.69, 9.17) is 0 Å². The molecule has 1 aromatic rings. The topological polar surface area (TPSA) is 46.2 Å². The Bertz CT molecular complexity index is 578. The van der Waals surface area contributed by atoms with Crippen LogP contribution in [0.3, 0.4) is 0 Å². The van der Waals surface area contributed by atoms with Crippen LogP contribution in [0.15, 0.2) is 24.3 Å². The summed E-state index contributed by atoms with van der Waals surface area (Å²) in [7, 11) is -5.31. The van der Waals surface area contributed by atoms with E-state index in [0.29, 0.717) is 12.8 Å². The number of hydrogen-bond donors (Lipinski definition) is 1. The van der Waals surface area contributed by atoms with Crippen molar-refractivity contribution in [3.8, 4) is 0 Å². The zero-order chi connectivity index (χ0) is 15.2. The van der Waals surface area contributed by atoms with Crippen molar-refractivity contribution in [1.82, 2.24) is 4.39 Å². The molecule has 0 atom stereocenters. The van der Waals surface area contributed by atoms with Gasteiger partial charge in [0.25, 0.3) is 0 Å². The standard InChI is InChI=1S/C15H25NO2SSi/c1-15(2,3)20(4,5)16-19(17,18)14-10-12-8-6-7-9-13(12)11-14/h6-9,14,16H,10-11H2,1-5H3. The van der Waals surface area contributed by atoms with E-state index in [-0.39, 0.29) is 10.3 Å². The summed E-state index contributed by atoms with van der Waals surface area (Å²) in [4.78, 5) is 0. The van der Waals surface area contributed by atoms with Gasteiger partial charge in [-0.05, 0) is 29.0 Å². The van der Waals surface area contributed by atoms with E-state index in [9.17, 15) is 8.42 Å². The summed E-state index contributed by atoms with van der Waals surface area (Å²) in [6.07, 6.45) is 1.28. The summed E-state index contributed by atoms with van der Waals surface area (Å²) in [5, 5.41) is -0.306. The summed E-state index contributed by atoms with van der Waals surface area (Å²) in [5.41, 5.74) is 2.36. The zero-order valence-corrected chi connectivity index (χ0v) is 14.8. The molecule has 20 heavy (non-hydrogen) atoms. The summed E-state index contributed by atoms with van der Waals surface area (Å²) in [5.74, 6) is 0. The van der Waals surface area contributed by atoms with Crippen molar-refractivity contribution in [2.45, 2.75) is 57.0 Å². The van der Waals surface area contributed by atoms with Gasteiger partial charge >= 0.3 is 0 Å². The molecule has 0 heterocycles. The molecule has 0 aliphatic heterocycles. The van der Waals surface area contributed by atoms with Crippen LogP contribution >= 0.6 is 0 Å². The van der Waals surface area contributed by atoms with Gasteiger partial charge in [0.15, 0.2) is 0 Å². The van der Waals surface area contributed by atoms with Crippen LogP contribution in [0.4, 0.5) is 0 Å². The molecule has 1 aliphatic rings. The number of sulfonamides is 1. The monoisotopic (exact) mass is 311 g/mol. The molecule has 5 heteroatoms. The SMILES string of the molecule is CC(C)(C)[Si](C)(C)NS(=O)(=O)C1Cc2ccccc2C1. The summed E-state index contributed by atoms with van der Waals surface area (Å²) in [6, 6.07) is 8.04. The fourth-order valence-corrected chi connectivity index (χ4v) is 7.86. The summed E-state index contributed by atoms with van der Waals surface area (Å²) in [6.45, 7) is 10.5. The minimum Gasteiger partial charge on any atom is -0.237 e. The predicted octanol–water partition coefficient (Wildman–Crippen LogP) is 3.08. The highest BCUT2D eigenvalue weighted by Crippen LogP contribution is 2.35. The van der Waals surface area contributed by atoms with Crippen molar-refractivity contribution in [1.29, 1.82) is 0 Å². The number of nitrogens with one attached hydrogen (secondary N) is 1. The lowest BCUT2D eigenvalue weighted by atomic mass is 10.1. The largest absolute Gasteiger partial charge is 0.237 e. The van der Waals surface area contributed by atoms with Crippen molar-refractivity contribution < 1.29 is 8.42 Å². The first-order chi connectivity index (χ1) is 9.03. The Labute approximate surface area is 123 Å². The highest BCUT2D eigenvalue weighted by molar-refractivity contribution is 7.91. The predicted molar refractivity (Wildman–Crippen MR) is 86.9 cm³/mol. The molecule has 0 bridgehead atoms. The van der Waals surface area contributed by atoms with Crippen molar-refractivity contribution in [2.24, 2.45) is 0 Å². The van der Waals surface area contributed by atoms with Gasteiger partial charge in [-0.2, -0.15) is 0 Å². The normalized spacial score (nSPS) is 17.2. The molecule has 0 fully saturated rings. The van der Waals surface area contributed by atoms with E-state index in [0.717, 1.165) is 0 Å². The lowest BCUT2D eigenvalue weighted by molar-refractivity contribution is 0.574. The molecule has 1 N–H and O–H groups in total. The Morgan fingerprint density at radius 1 is 1.10 bits per heavy atom. The van der Waals surface area contributed by atoms with Crippen LogP contribution in [0.1, 0.15) is 31.9 Å². The van der Waals surface area contributed by atoms with Crippen LogP contribution in [-0.4, -0.2) is 21.9 Å². The first kappa shape index (κ1) is 15.7. The highest BCUT2D eigenvalue weighted by Gasteiger charge is 2.42. The van der Waals surface area contributed by atoms with E-state index in [2.05, 4.69) is 38.3 Å². The van der Waals surface area contributed by atoms with Gasteiger partial charge in [-0.3, -0.25) is 0 Å². The van der Waals surface area contributed by atoms with Crippen molar-refractivity contribution in [3.63, 3.8) is 0 Å². The van der Waals surface area contributed by atoms with Gasteiger partial charge in [-0.15, -0.1) is 0 Å². The van der Waals surface area contributed by atoms with E-state index >= 15 is 0 Å². The molecule has 0 saturated carbocycles. The van der Waals surface area contributed by atoms with Crippen LogP contribution in [0.25, 0.3) is 0 Å². The zero-order valence-electron chi connectivity index (χ0n) is 13.0. The van der Waals surface area contributed by atoms with Gasteiger partial charge in [-0.1, -0.05) is 58.1 Å². The maximum Gasteiger partial charge on any atom is 0.209 e. The smallest absolute Gasteiger partial charge is 0.209 e. The lowest BCUT2D eigenvalue weighted by Gasteiger charge is -2.37. The molecule has 1 aliphatic carbocycles. The number of hydrogen-bond acceptors (Lipinski definition) is 2. The Morgan fingerprint density at radius 2 is 1.55 bits per heavy atom. The first-order valence-corrected chi connectivity index (χ1v) is 11.7. The van der Waals surface area contributed by atoms with Crippen LogP contribution in [0.2, 0.25) is 18.1 Å². The molecule has 2 rings (SSSR count). The number of fused-ring (bicyclic) bond motifs is 1. The maximum absolute atomic E-state index is 12.7. The first-order valence-electron chi connectivity index (χ1n) is 7.12.